The highest BCUT2D eigenvalue weighted by Crippen LogP contribution is 2.57. The molecule has 0 bridgehead atoms. The fourth-order valence-electron chi connectivity index (χ4n) is 4.63. The molecular weight excluding hydrogens is 400 g/mol. The standard InChI is InChI=1S/C25H29F2NO3/c1-14-13-18-16(5-6-17(28-18)22(26)27)20(15-7-9-25(10-8-15)11-12-25)19(14)21(23(29)30)31-24(2,3)4/h5-7,13,21-22H,8-12H2,1-4H3,(H,29,30). The van der Waals surface area contributed by atoms with Gasteiger partial charge < -0.3 is 9.84 Å². The van der Waals surface area contributed by atoms with Crippen LogP contribution in [0.4, 0.5) is 8.78 Å². The van der Waals surface area contributed by atoms with Gasteiger partial charge in [-0.2, -0.15) is 0 Å². The maximum Gasteiger partial charge on any atom is 0.337 e. The molecule has 1 N–H and O–H groups in total. The van der Waals surface area contributed by atoms with Crippen LogP contribution in [0.1, 0.15) is 87.8 Å². The summed E-state index contributed by atoms with van der Waals surface area (Å²) in [4.78, 5) is 16.5. The fourth-order valence-corrected chi connectivity index (χ4v) is 4.63. The molecule has 166 valence electrons. The summed E-state index contributed by atoms with van der Waals surface area (Å²) in [6.07, 6.45) is 3.74. The maximum absolute atomic E-state index is 13.3. The Morgan fingerprint density at radius 1 is 1.23 bits per heavy atom. The predicted molar refractivity (Wildman–Crippen MR) is 116 cm³/mol. The van der Waals surface area contributed by atoms with E-state index in [0.717, 1.165) is 30.4 Å². The van der Waals surface area contributed by atoms with Crippen LogP contribution >= 0.6 is 0 Å². The molecule has 4 rings (SSSR count). The summed E-state index contributed by atoms with van der Waals surface area (Å²) in [5, 5.41) is 10.8. The molecule has 2 aliphatic rings. The van der Waals surface area contributed by atoms with Gasteiger partial charge in [0.25, 0.3) is 6.43 Å². The van der Waals surface area contributed by atoms with Gasteiger partial charge >= 0.3 is 5.97 Å². The molecule has 2 aliphatic carbocycles. The summed E-state index contributed by atoms with van der Waals surface area (Å²) in [6, 6.07) is 4.69. The first kappa shape index (κ1) is 21.9. The number of hydrogen-bond acceptors (Lipinski definition) is 3. The zero-order chi connectivity index (χ0) is 22.6. The molecule has 0 amide bonds. The van der Waals surface area contributed by atoms with Gasteiger partial charge in [-0.3, -0.25) is 0 Å². The van der Waals surface area contributed by atoms with E-state index < -0.39 is 24.1 Å². The van der Waals surface area contributed by atoms with E-state index in [9.17, 15) is 18.7 Å². The van der Waals surface area contributed by atoms with Gasteiger partial charge in [-0.25, -0.2) is 18.6 Å². The van der Waals surface area contributed by atoms with E-state index in [1.807, 2.05) is 27.7 Å². The van der Waals surface area contributed by atoms with E-state index in [4.69, 9.17) is 4.74 Å². The minimum atomic E-state index is -2.66. The van der Waals surface area contributed by atoms with Crippen molar-refractivity contribution in [3.05, 3.63) is 46.7 Å². The Hall–Kier alpha value is -2.34. The highest BCUT2D eigenvalue weighted by atomic mass is 19.3. The first-order valence-corrected chi connectivity index (χ1v) is 10.8. The van der Waals surface area contributed by atoms with Gasteiger partial charge in [-0.15, -0.1) is 0 Å². The Bertz CT molecular complexity index is 1060. The minimum absolute atomic E-state index is 0.277. The van der Waals surface area contributed by atoms with Crippen LogP contribution in [0.2, 0.25) is 0 Å². The van der Waals surface area contributed by atoms with Gasteiger partial charge in [0.2, 0.25) is 0 Å². The number of carboxylic acids is 1. The Morgan fingerprint density at radius 3 is 2.45 bits per heavy atom. The number of hydrogen-bond donors (Lipinski definition) is 1. The molecule has 1 unspecified atom stereocenters. The first-order chi connectivity index (χ1) is 14.5. The average Bonchev–Trinajstić information content (AvgIpc) is 3.43. The number of benzene rings is 1. The lowest BCUT2D eigenvalue weighted by Gasteiger charge is -2.30. The van der Waals surface area contributed by atoms with Crippen molar-refractivity contribution >= 4 is 22.4 Å². The number of nitrogens with zero attached hydrogens (tertiary/aromatic N) is 1. The molecule has 1 atom stereocenters. The molecule has 1 fully saturated rings. The second-order valence-electron chi connectivity index (χ2n) is 9.97. The number of aliphatic carboxylic acids is 1. The zero-order valence-corrected chi connectivity index (χ0v) is 18.5. The fraction of sp³-hybridized carbons (Fsp3) is 0.520. The van der Waals surface area contributed by atoms with Crippen LogP contribution < -0.4 is 0 Å². The van der Waals surface area contributed by atoms with Crippen molar-refractivity contribution in [1.82, 2.24) is 4.98 Å². The number of halogens is 2. The molecule has 0 aliphatic heterocycles. The molecular formula is C25H29F2NO3. The monoisotopic (exact) mass is 429 g/mol. The van der Waals surface area contributed by atoms with E-state index in [-0.39, 0.29) is 5.69 Å². The van der Waals surface area contributed by atoms with E-state index >= 15 is 0 Å². The van der Waals surface area contributed by atoms with E-state index in [1.54, 1.807) is 12.1 Å². The largest absolute Gasteiger partial charge is 0.479 e. The minimum Gasteiger partial charge on any atom is -0.479 e. The summed E-state index contributed by atoms with van der Waals surface area (Å²) >= 11 is 0. The Labute approximate surface area is 181 Å². The first-order valence-electron chi connectivity index (χ1n) is 10.8. The normalized spacial score (nSPS) is 19.0. The van der Waals surface area contributed by atoms with Gasteiger partial charge in [-0.1, -0.05) is 12.1 Å². The number of rotatable bonds is 5. The van der Waals surface area contributed by atoms with E-state index in [0.29, 0.717) is 27.4 Å². The third-order valence-corrected chi connectivity index (χ3v) is 6.43. The number of ether oxygens (including phenoxy) is 1. The van der Waals surface area contributed by atoms with Crippen LogP contribution in [-0.2, 0) is 9.53 Å². The average molecular weight is 430 g/mol. The van der Waals surface area contributed by atoms with Crippen LogP contribution in [0.5, 0.6) is 0 Å². The molecule has 6 heteroatoms. The molecule has 31 heavy (non-hydrogen) atoms. The Kier molecular flexibility index (Phi) is 5.41. The number of carbonyl (C=O) groups is 1. The van der Waals surface area contributed by atoms with Gasteiger partial charge in [0.1, 0.15) is 5.69 Å². The lowest BCUT2D eigenvalue weighted by atomic mass is 9.80. The number of alkyl halides is 2. The second kappa shape index (κ2) is 7.66. The van der Waals surface area contributed by atoms with Crippen LogP contribution in [0.25, 0.3) is 16.5 Å². The topological polar surface area (TPSA) is 59.4 Å². The number of aromatic nitrogens is 1. The molecule has 0 radical (unpaired) electrons. The smallest absolute Gasteiger partial charge is 0.337 e. The molecule has 1 saturated carbocycles. The number of pyridine rings is 1. The third kappa shape index (κ3) is 4.36. The molecule has 1 aromatic heterocycles. The van der Waals surface area contributed by atoms with Crippen LogP contribution in [0.3, 0.4) is 0 Å². The SMILES string of the molecule is Cc1cc2nc(C(F)F)ccc2c(C2=CCC3(CC2)CC3)c1C(OC(C)(C)C)C(=O)O. The molecule has 1 aromatic carbocycles. The number of aryl methyl sites for hydroxylation is 1. The zero-order valence-electron chi connectivity index (χ0n) is 18.5. The Morgan fingerprint density at radius 2 is 1.94 bits per heavy atom. The highest BCUT2D eigenvalue weighted by molar-refractivity contribution is 5.96. The number of fused-ring (bicyclic) bond motifs is 1. The van der Waals surface area contributed by atoms with Gasteiger partial charge in [0, 0.05) is 10.9 Å². The lowest BCUT2D eigenvalue weighted by Crippen LogP contribution is -2.28. The maximum atomic E-state index is 13.3. The molecule has 1 spiro atoms. The van der Waals surface area contributed by atoms with Crippen molar-refractivity contribution in [2.75, 3.05) is 0 Å². The van der Waals surface area contributed by atoms with Crippen molar-refractivity contribution in [1.29, 1.82) is 0 Å². The van der Waals surface area contributed by atoms with Gasteiger partial charge in [0.15, 0.2) is 6.10 Å². The highest BCUT2D eigenvalue weighted by Gasteiger charge is 2.43. The predicted octanol–water partition coefficient (Wildman–Crippen LogP) is 6.77. The van der Waals surface area contributed by atoms with Crippen molar-refractivity contribution in [3.8, 4) is 0 Å². The van der Waals surface area contributed by atoms with Gasteiger partial charge in [-0.05, 0) is 94.0 Å². The summed E-state index contributed by atoms with van der Waals surface area (Å²) in [6.45, 7) is 7.29. The van der Waals surface area contributed by atoms with E-state index in [2.05, 4.69) is 11.1 Å². The van der Waals surface area contributed by atoms with Crippen molar-refractivity contribution < 1.29 is 23.4 Å². The molecule has 4 nitrogen and oxygen atoms in total. The molecule has 0 saturated heterocycles. The summed E-state index contributed by atoms with van der Waals surface area (Å²) in [5.74, 6) is -1.06. The second-order valence-corrected chi connectivity index (χ2v) is 9.97. The summed E-state index contributed by atoms with van der Waals surface area (Å²) in [7, 11) is 0. The number of allylic oxidation sites excluding steroid dienone is 2. The third-order valence-electron chi connectivity index (χ3n) is 6.43. The Balaban J connectivity index is 1.95. The van der Waals surface area contributed by atoms with Crippen LogP contribution in [0.15, 0.2) is 24.3 Å². The van der Waals surface area contributed by atoms with Crippen molar-refractivity contribution in [3.63, 3.8) is 0 Å². The summed E-state index contributed by atoms with van der Waals surface area (Å²) < 4.78 is 32.5. The lowest BCUT2D eigenvalue weighted by molar-refractivity contribution is -0.160. The van der Waals surface area contributed by atoms with E-state index in [1.165, 1.54) is 18.9 Å². The molecule has 1 heterocycles. The quantitative estimate of drug-likeness (QED) is 0.570. The van der Waals surface area contributed by atoms with Crippen LogP contribution in [-0.4, -0.2) is 21.7 Å². The van der Waals surface area contributed by atoms with Crippen molar-refractivity contribution in [2.45, 2.75) is 77.9 Å². The molecule has 2 aromatic rings. The summed E-state index contributed by atoms with van der Waals surface area (Å²) in [5.41, 5.74) is 3.07. The number of carboxylic acid groups (broad SMARTS) is 1. The van der Waals surface area contributed by atoms with Crippen LogP contribution in [0, 0.1) is 12.3 Å². The van der Waals surface area contributed by atoms with Gasteiger partial charge in [0.05, 0.1) is 11.1 Å². The van der Waals surface area contributed by atoms with Crippen molar-refractivity contribution in [2.24, 2.45) is 5.41 Å².